The summed E-state index contributed by atoms with van der Waals surface area (Å²) in [6.45, 7) is -2.85. The molecule has 2 N–H and O–H groups in total. The first kappa shape index (κ1) is 14.9. The second-order valence-corrected chi connectivity index (χ2v) is 5.27. The fraction of sp³-hybridized carbons (Fsp3) is 0.200. The normalized spacial score (nSPS) is 12.4. The van der Waals surface area contributed by atoms with Crippen LogP contribution in [-0.2, 0) is 6.42 Å². The number of nitrogens with two attached hydrogens (primary N) is 1. The molecule has 0 fully saturated rings. The van der Waals surface area contributed by atoms with Crippen molar-refractivity contribution in [3.8, 4) is 5.75 Å². The smallest absolute Gasteiger partial charge is 0.387 e. The molecule has 0 radical (unpaired) electrons. The van der Waals surface area contributed by atoms with Crippen LogP contribution in [0.5, 0.6) is 5.75 Å². The summed E-state index contributed by atoms with van der Waals surface area (Å²) in [7, 11) is 0. The third kappa shape index (κ3) is 4.02. The number of benzene rings is 2. The second kappa shape index (κ2) is 6.81. The van der Waals surface area contributed by atoms with Gasteiger partial charge >= 0.3 is 6.61 Å². The van der Waals surface area contributed by atoms with Gasteiger partial charge in [-0.25, -0.2) is 0 Å². The van der Waals surface area contributed by atoms with Crippen molar-refractivity contribution in [2.75, 3.05) is 0 Å². The largest absolute Gasteiger partial charge is 0.434 e. The molecule has 0 aliphatic heterocycles. The number of ether oxygens (including phenoxy) is 1. The van der Waals surface area contributed by atoms with Crippen LogP contribution in [0.4, 0.5) is 8.78 Å². The minimum atomic E-state index is -2.85. The minimum Gasteiger partial charge on any atom is -0.434 e. The molecule has 0 bridgehead atoms. The van der Waals surface area contributed by atoms with Crippen molar-refractivity contribution in [1.82, 2.24) is 0 Å². The fourth-order valence-corrected chi connectivity index (χ4v) is 2.24. The molecule has 2 rings (SSSR count). The maximum Gasteiger partial charge on any atom is 0.387 e. The van der Waals surface area contributed by atoms with Crippen molar-refractivity contribution in [3.05, 3.63) is 64.1 Å². The predicted octanol–water partition coefficient (Wildman–Crippen LogP) is 4.29. The van der Waals surface area contributed by atoms with Crippen molar-refractivity contribution in [1.29, 1.82) is 0 Å². The first-order valence-electron chi connectivity index (χ1n) is 6.10. The van der Waals surface area contributed by atoms with E-state index < -0.39 is 12.7 Å². The molecule has 0 aliphatic rings. The number of hydrogen-bond acceptors (Lipinski definition) is 2. The van der Waals surface area contributed by atoms with Crippen LogP contribution in [0.25, 0.3) is 0 Å². The molecule has 0 spiro atoms. The van der Waals surface area contributed by atoms with Crippen LogP contribution in [0, 0.1) is 0 Å². The average molecular weight is 342 g/mol. The summed E-state index contributed by atoms with van der Waals surface area (Å²) in [6.07, 6.45) is 0.552. The Labute approximate surface area is 124 Å². The van der Waals surface area contributed by atoms with E-state index in [0.29, 0.717) is 12.0 Å². The third-order valence-corrected chi connectivity index (χ3v) is 3.43. The Morgan fingerprint density at radius 1 is 1.05 bits per heavy atom. The molecule has 0 heterocycles. The number of para-hydroxylation sites is 1. The maximum absolute atomic E-state index is 12.4. The fourth-order valence-electron chi connectivity index (χ4n) is 1.97. The van der Waals surface area contributed by atoms with Gasteiger partial charge in [0.1, 0.15) is 5.75 Å². The quantitative estimate of drug-likeness (QED) is 0.880. The molecular weight excluding hydrogens is 328 g/mol. The molecule has 0 saturated carbocycles. The lowest BCUT2D eigenvalue weighted by Gasteiger charge is -2.16. The van der Waals surface area contributed by atoms with E-state index in [2.05, 4.69) is 20.7 Å². The summed E-state index contributed by atoms with van der Waals surface area (Å²) >= 11 is 3.36. The van der Waals surface area contributed by atoms with Crippen LogP contribution in [0.3, 0.4) is 0 Å². The van der Waals surface area contributed by atoms with Crippen molar-refractivity contribution in [2.24, 2.45) is 5.73 Å². The van der Waals surface area contributed by atoms with E-state index in [4.69, 9.17) is 5.73 Å². The number of alkyl halides is 2. The van der Waals surface area contributed by atoms with E-state index in [1.54, 1.807) is 18.2 Å². The molecule has 0 amide bonds. The van der Waals surface area contributed by atoms with Gasteiger partial charge in [0.15, 0.2) is 0 Å². The van der Waals surface area contributed by atoms with Gasteiger partial charge in [0.2, 0.25) is 0 Å². The highest BCUT2D eigenvalue weighted by atomic mass is 79.9. The molecule has 0 aromatic heterocycles. The Morgan fingerprint density at radius 3 is 2.35 bits per heavy atom. The third-order valence-electron chi connectivity index (χ3n) is 2.90. The number of hydrogen-bond donors (Lipinski definition) is 1. The Morgan fingerprint density at radius 2 is 1.70 bits per heavy atom. The van der Waals surface area contributed by atoms with Gasteiger partial charge in [0.05, 0.1) is 0 Å². The zero-order valence-electron chi connectivity index (χ0n) is 10.6. The SMILES string of the molecule is NC(Cc1ccc(Br)cc1)c1ccccc1OC(F)F. The van der Waals surface area contributed by atoms with Gasteiger partial charge in [0.25, 0.3) is 0 Å². The average Bonchev–Trinajstić information content (AvgIpc) is 2.41. The van der Waals surface area contributed by atoms with E-state index in [1.165, 1.54) is 6.07 Å². The van der Waals surface area contributed by atoms with Crippen LogP contribution >= 0.6 is 15.9 Å². The van der Waals surface area contributed by atoms with E-state index >= 15 is 0 Å². The first-order valence-corrected chi connectivity index (χ1v) is 6.89. The van der Waals surface area contributed by atoms with E-state index in [0.717, 1.165) is 10.0 Å². The van der Waals surface area contributed by atoms with Gasteiger partial charge in [-0.15, -0.1) is 0 Å². The molecule has 20 heavy (non-hydrogen) atoms. The van der Waals surface area contributed by atoms with Gasteiger partial charge in [-0.1, -0.05) is 46.3 Å². The summed E-state index contributed by atoms with van der Waals surface area (Å²) < 4.78 is 30.2. The van der Waals surface area contributed by atoms with Crippen LogP contribution in [0.15, 0.2) is 53.0 Å². The van der Waals surface area contributed by atoms with Crippen molar-refractivity contribution in [3.63, 3.8) is 0 Å². The lowest BCUT2D eigenvalue weighted by atomic mass is 9.99. The highest BCUT2D eigenvalue weighted by Gasteiger charge is 2.15. The van der Waals surface area contributed by atoms with Crippen molar-refractivity contribution in [2.45, 2.75) is 19.1 Å². The second-order valence-electron chi connectivity index (χ2n) is 4.35. The molecular formula is C15H14BrF2NO. The molecule has 5 heteroatoms. The lowest BCUT2D eigenvalue weighted by molar-refractivity contribution is -0.0506. The lowest BCUT2D eigenvalue weighted by Crippen LogP contribution is -2.16. The maximum atomic E-state index is 12.4. The van der Waals surface area contributed by atoms with Crippen molar-refractivity contribution < 1.29 is 13.5 Å². The van der Waals surface area contributed by atoms with Crippen LogP contribution in [0.2, 0.25) is 0 Å². The summed E-state index contributed by atoms with van der Waals surface area (Å²) in [4.78, 5) is 0. The highest BCUT2D eigenvalue weighted by molar-refractivity contribution is 9.10. The topological polar surface area (TPSA) is 35.2 Å². The molecule has 0 aliphatic carbocycles. The molecule has 1 atom stereocenters. The summed E-state index contributed by atoms with van der Waals surface area (Å²) in [6, 6.07) is 14.0. The Balaban J connectivity index is 2.16. The Kier molecular flexibility index (Phi) is 5.09. The number of rotatable bonds is 5. The van der Waals surface area contributed by atoms with Crippen LogP contribution in [0.1, 0.15) is 17.2 Å². The van der Waals surface area contributed by atoms with E-state index in [1.807, 2.05) is 24.3 Å². The Bertz CT molecular complexity index is 560. The minimum absolute atomic E-state index is 0.132. The zero-order chi connectivity index (χ0) is 14.5. The first-order chi connectivity index (χ1) is 9.56. The summed E-state index contributed by atoms with van der Waals surface area (Å²) in [5.41, 5.74) is 7.72. The van der Waals surface area contributed by atoms with E-state index in [-0.39, 0.29) is 5.75 Å². The molecule has 1 unspecified atom stereocenters. The van der Waals surface area contributed by atoms with Gasteiger partial charge < -0.3 is 10.5 Å². The monoisotopic (exact) mass is 341 g/mol. The van der Waals surface area contributed by atoms with Gasteiger partial charge in [-0.2, -0.15) is 8.78 Å². The predicted molar refractivity (Wildman–Crippen MR) is 77.8 cm³/mol. The Hall–Kier alpha value is -1.46. The molecule has 2 nitrogen and oxygen atoms in total. The van der Waals surface area contributed by atoms with Gasteiger partial charge in [-0.05, 0) is 30.2 Å². The highest BCUT2D eigenvalue weighted by Crippen LogP contribution is 2.27. The standard InChI is InChI=1S/C15H14BrF2NO/c16-11-7-5-10(6-8-11)9-13(19)12-3-1-2-4-14(12)20-15(17)18/h1-8,13,15H,9,19H2. The zero-order valence-corrected chi connectivity index (χ0v) is 12.2. The number of halogens is 3. The van der Waals surface area contributed by atoms with Crippen LogP contribution in [-0.4, -0.2) is 6.61 Å². The van der Waals surface area contributed by atoms with Crippen LogP contribution < -0.4 is 10.5 Å². The molecule has 106 valence electrons. The van der Waals surface area contributed by atoms with Crippen molar-refractivity contribution >= 4 is 15.9 Å². The van der Waals surface area contributed by atoms with E-state index in [9.17, 15) is 8.78 Å². The summed E-state index contributed by atoms with van der Waals surface area (Å²) in [5.74, 6) is 0.132. The van der Waals surface area contributed by atoms with Gasteiger partial charge in [0, 0.05) is 16.1 Å². The molecule has 0 saturated heterocycles. The summed E-state index contributed by atoms with van der Waals surface area (Å²) in [5, 5.41) is 0. The van der Waals surface area contributed by atoms with Gasteiger partial charge in [-0.3, -0.25) is 0 Å². The molecule has 2 aromatic rings. The molecule has 2 aromatic carbocycles.